The number of benzene rings is 1. The van der Waals surface area contributed by atoms with E-state index in [9.17, 15) is 9.90 Å². The predicted molar refractivity (Wildman–Crippen MR) is 91.0 cm³/mol. The molecule has 128 valence electrons. The minimum atomic E-state index is -0.229. The van der Waals surface area contributed by atoms with Gasteiger partial charge in [0.15, 0.2) is 11.5 Å². The number of methoxy groups -OCH3 is 2. The molecule has 2 aromatic rings. The Morgan fingerprint density at radius 2 is 2.04 bits per heavy atom. The Kier molecular flexibility index (Phi) is 5.83. The van der Waals surface area contributed by atoms with Gasteiger partial charge in [-0.15, -0.1) is 0 Å². The van der Waals surface area contributed by atoms with Crippen molar-refractivity contribution in [2.45, 2.75) is 6.42 Å². The molecule has 2 rings (SSSR count). The molecule has 0 aliphatic carbocycles. The van der Waals surface area contributed by atoms with Gasteiger partial charge in [0, 0.05) is 19.7 Å². The first-order valence-electron chi connectivity index (χ1n) is 7.42. The molecule has 0 atom stereocenters. The van der Waals surface area contributed by atoms with Crippen molar-refractivity contribution in [3.63, 3.8) is 0 Å². The standard InChI is InChI=1S/C17H21N3O4/c1-20(13-5-7-16(24-3)19-11-13)17(22)18-9-8-12-4-6-14(21)15(10-12)23-2/h4-7,10-11,21H,8-9H2,1-3H3,(H,18,22). The number of pyridine rings is 1. The van der Waals surface area contributed by atoms with Crippen molar-refractivity contribution in [2.24, 2.45) is 0 Å². The van der Waals surface area contributed by atoms with Gasteiger partial charge in [0.2, 0.25) is 5.88 Å². The van der Waals surface area contributed by atoms with Crippen molar-refractivity contribution in [1.82, 2.24) is 10.3 Å². The number of ether oxygens (including phenoxy) is 2. The van der Waals surface area contributed by atoms with Crippen molar-refractivity contribution in [1.29, 1.82) is 0 Å². The van der Waals surface area contributed by atoms with Crippen LogP contribution < -0.4 is 19.7 Å². The summed E-state index contributed by atoms with van der Waals surface area (Å²) in [5.74, 6) is 1.01. The van der Waals surface area contributed by atoms with E-state index in [1.54, 1.807) is 43.6 Å². The van der Waals surface area contributed by atoms with Crippen LogP contribution in [0.1, 0.15) is 5.56 Å². The quantitative estimate of drug-likeness (QED) is 0.848. The Bertz CT molecular complexity index is 689. The fourth-order valence-electron chi connectivity index (χ4n) is 2.12. The summed E-state index contributed by atoms with van der Waals surface area (Å²) in [5.41, 5.74) is 1.62. The SMILES string of the molecule is COc1ccc(N(C)C(=O)NCCc2ccc(O)c(OC)c2)cn1. The Morgan fingerprint density at radius 3 is 2.67 bits per heavy atom. The molecule has 0 aliphatic rings. The molecule has 7 nitrogen and oxygen atoms in total. The number of rotatable bonds is 6. The zero-order valence-electron chi connectivity index (χ0n) is 13.9. The van der Waals surface area contributed by atoms with Crippen LogP contribution in [0.15, 0.2) is 36.5 Å². The maximum atomic E-state index is 12.2. The number of aromatic nitrogens is 1. The lowest BCUT2D eigenvalue weighted by Gasteiger charge is -2.18. The summed E-state index contributed by atoms with van der Waals surface area (Å²) in [6.45, 7) is 0.459. The fourth-order valence-corrected chi connectivity index (χ4v) is 2.12. The molecule has 7 heteroatoms. The van der Waals surface area contributed by atoms with E-state index < -0.39 is 0 Å². The number of hydrogen-bond acceptors (Lipinski definition) is 5. The van der Waals surface area contributed by atoms with Gasteiger partial charge in [-0.3, -0.25) is 4.90 Å². The Balaban J connectivity index is 1.88. The number of aromatic hydroxyl groups is 1. The van der Waals surface area contributed by atoms with Crippen LogP contribution in [0, 0.1) is 0 Å². The molecule has 0 unspecified atom stereocenters. The molecule has 24 heavy (non-hydrogen) atoms. The first kappa shape index (κ1) is 17.4. The number of hydrogen-bond donors (Lipinski definition) is 2. The number of carbonyl (C=O) groups is 1. The van der Waals surface area contributed by atoms with Gasteiger partial charge in [-0.25, -0.2) is 9.78 Å². The van der Waals surface area contributed by atoms with Crippen LogP contribution in [-0.4, -0.2) is 43.9 Å². The summed E-state index contributed by atoms with van der Waals surface area (Å²) in [7, 11) is 4.71. The van der Waals surface area contributed by atoms with Crippen LogP contribution in [0.3, 0.4) is 0 Å². The molecule has 0 radical (unpaired) electrons. The molecule has 2 N–H and O–H groups in total. The topological polar surface area (TPSA) is 83.9 Å². The van der Waals surface area contributed by atoms with Crippen LogP contribution in [0.2, 0.25) is 0 Å². The van der Waals surface area contributed by atoms with Crippen molar-refractivity contribution in [2.75, 3.05) is 32.7 Å². The number of nitrogens with one attached hydrogen (secondary N) is 1. The second-order valence-electron chi connectivity index (χ2n) is 5.11. The molecule has 0 spiro atoms. The van der Waals surface area contributed by atoms with E-state index >= 15 is 0 Å². The molecule has 2 amide bonds. The summed E-state index contributed by atoms with van der Waals surface area (Å²) in [5, 5.41) is 12.4. The van der Waals surface area contributed by atoms with Crippen LogP contribution >= 0.6 is 0 Å². The lowest BCUT2D eigenvalue weighted by Crippen LogP contribution is -2.38. The highest BCUT2D eigenvalue weighted by molar-refractivity contribution is 5.91. The highest BCUT2D eigenvalue weighted by Gasteiger charge is 2.11. The highest BCUT2D eigenvalue weighted by atomic mass is 16.5. The number of phenolic OH excluding ortho intramolecular Hbond substituents is 1. The van der Waals surface area contributed by atoms with E-state index in [2.05, 4.69) is 10.3 Å². The summed E-state index contributed by atoms with van der Waals surface area (Å²) in [4.78, 5) is 17.7. The van der Waals surface area contributed by atoms with Crippen LogP contribution in [0.5, 0.6) is 17.4 Å². The van der Waals surface area contributed by atoms with Crippen molar-refractivity contribution in [3.05, 3.63) is 42.1 Å². The monoisotopic (exact) mass is 331 g/mol. The number of nitrogens with zero attached hydrogens (tertiary/aromatic N) is 2. The van der Waals surface area contributed by atoms with E-state index in [-0.39, 0.29) is 11.8 Å². The van der Waals surface area contributed by atoms with Gasteiger partial charge in [0.1, 0.15) is 0 Å². The predicted octanol–water partition coefficient (Wildman–Crippen LogP) is 2.19. The summed E-state index contributed by atoms with van der Waals surface area (Å²) >= 11 is 0. The molecule has 0 aliphatic heterocycles. The van der Waals surface area contributed by atoms with Gasteiger partial charge < -0.3 is 19.9 Å². The third-order valence-electron chi connectivity index (χ3n) is 3.56. The lowest BCUT2D eigenvalue weighted by molar-refractivity contribution is 0.247. The summed E-state index contributed by atoms with van der Waals surface area (Å²) in [6.07, 6.45) is 2.19. The van der Waals surface area contributed by atoms with Crippen LogP contribution in [0.4, 0.5) is 10.5 Å². The van der Waals surface area contributed by atoms with Crippen molar-refractivity contribution in [3.8, 4) is 17.4 Å². The van der Waals surface area contributed by atoms with Crippen molar-refractivity contribution < 1.29 is 19.4 Å². The fraction of sp³-hybridized carbons (Fsp3) is 0.294. The van der Waals surface area contributed by atoms with Crippen LogP contribution in [0.25, 0.3) is 0 Å². The van der Waals surface area contributed by atoms with Gasteiger partial charge in [-0.1, -0.05) is 6.07 Å². The molecule has 1 heterocycles. The number of amides is 2. The Morgan fingerprint density at radius 1 is 1.25 bits per heavy atom. The molecule has 0 saturated carbocycles. The van der Waals surface area contributed by atoms with E-state index in [1.807, 2.05) is 0 Å². The molecule has 0 saturated heterocycles. The largest absolute Gasteiger partial charge is 0.504 e. The minimum absolute atomic E-state index is 0.0945. The second kappa shape index (κ2) is 8.05. The van der Waals surface area contributed by atoms with Gasteiger partial charge in [0.25, 0.3) is 0 Å². The molecule has 1 aromatic carbocycles. The van der Waals surface area contributed by atoms with Gasteiger partial charge in [0.05, 0.1) is 26.1 Å². The third kappa shape index (κ3) is 4.28. The third-order valence-corrected chi connectivity index (χ3v) is 3.56. The maximum absolute atomic E-state index is 12.2. The first-order valence-corrected chi connectivity index (χ1v) is 7.42. The lowest BCUT2D eigenvalue weighted by atomic mass is 10.1. The van der Waals surface area contributed by atoms with E-state index in [0.717, 1.165) is 5.56 Å². The highest BCUT2D eigenvalue weighted by Crippen LogP contribution is 2.26. The maximum Gasteiger partial charge on any atom is 0.321 e. The van der Waals surface area contributed by atoms with Gasteiger partial charge >= 0.3 is 6.03 Å². The van der Waals surface area contributed by atoms with E-state index in [1.165, 1.54) is 19.1 Å². The number of urea groups is 1. The smallest absolute Gasteiger partial charge is 0.321 e. The molecular weight excluding hydrogens is 310 g/mol. The summed E-state index contributed by atoms with van der Waals surface area (Å²) < 4.78 is 10.1. The molecule has 0 fully saturated rings. The van der Waals surface area contributed by atoms with E-state index in [0.29, 0.717) is 30.3 Å². The number of carbonyl (C=O) groups excluding carboxylic acids is 1. The average Bonchev–Trinajstić information content (AvgIpc) is 2.62. The molecule has 0 bridgehead atoms. The Labute approximate surface area is 140 Å². The Hall–Kier alpha value is -2.96. The summed E-state index contributed by atoms with van der Waals surface area (Å²) in [6, 6.07) is 8.34. The second-order valence-corrected chi connectivity index (χ2v) is 5.11. The average molecular weight is 331 g/mol. The number of phenols is 1. The molecular formula is C17H21N3O4. The zero-order valence-corrected chi connectivity index (χ0v) is 13.9. The normalized spacial score (nSPS) is 10.1. The van der Waals surface area contributed by atoms with E-state index in [4.69, 9.17) is 9.47 Å². The van der Waals surface area contributed by atoms with Crippen LogP contribution in [-0.2, 0) is 6.42 Å². The first-order chi connectivity index (χ1) is 11.5. The minimum Gasteiger partial charge on any atom is -0.504 e. The molecule has 1 aromatic heterocycles. The van der Waals surface area contributed by atoms with Gasteiger partial charge in [-0.05, 0) is 30.2 Å². The van der Waals surface area contributed by atoms with Crippen molar-refractivity contribution >= 4 is 11.7 Å². The van der Waals surface area contributed by atoms with Gasteiger partial charge in [-0.2, -0.15) is 0 Å². The zero-order chi connectivity index (χ0) is 17.5. The number of anilines is 1.